The number of nitrogens with one attached hydrogen (secondary N) is 1. The van der Waals surface area contributed by atoms with Crippen molar-refractivity contribution in [2.75, 3.05) is 11.0 Å². The van der Waals surface area contributed by atoms with Gasteiger partial charge >= 0.3 is 0 Å². The average Bonchev–Trinajstić information content (AvgIpc) is 2.49. The summed E-state index contributed by atoms with van der Waals surface area (Å²) in [7, 11) is -3.63. The van der Waals surface area contributed by atoms with Crippen molar-refractivity contribution in [3.05, 3.63) is 48.0 Å². The molecule has 0 aliphatic carbocycles. The van der Waals surface area contributed by atoms with Crippen LogP contribution in [0.1, 0.15) is 16.8 Å². The maximum atomic E-state index is 11.9. The van der Waals surface area contributed by atoms with Crippen LogP contribution in [0, 0.1) is 0 Å². The van der Waals surface area contributed by atoms with Crippen LogP contribution < -0.4 is 9.46 Å². The number of sulfonamides is 1. The summed E-state index contributed by atoms with van der Waals surface area (Å²) in [6.45, 7) is 0. The van der Waals surface area contributed by atoms with Crippen molar-refractivity contribution in [3.8, 4) is 17.2 Å². The van der Waals surface area contributed by atoms with Crippen LogP contribution in [0.2, 0.25) is 0 Å². The molecule has 0 radical (unpaired) electrons. The minimum atomic E-state index is -3.63. The third-order valence-electron chi connectivity index (χ3n) is 2.93. The van der Waals surface area contributed by atoms with Gasteiger partial charge in [-0.1, -0.05) is 18.2 Å². The second kappa shape index (κ2) is 7.14. The molecule has 0 saturated carbocycles. The van der Waals surface area contributed by atoms with E-state index >= 15 is 0 Å². The predicted molar refractivity (Wildman–Crippen MR) is 88.1 cm³/mol. The van der Waals surface area contributed by atoms with Crippen molar-refractivity contribution >= 4 is 27.8 Å². The SMILES string of the molecule is CS(=O)(=O)Nc1cc(O)c(C(=O)CC=O)cc1Oc1ccccc1. The van der Waals surface area contributed by atoms with Gasteiger partial charge in [0.2, 0.25) is 10.0 Å². The minimum Gasteiger partial charge on any atom is -0.507 e. The second-order valence-electron chi connectivity index (χ2n) is 4.95. The number of phenolic OH excluding ortho intramolecular Hbond substituents is 1. The van der Waals surface area contributed by atoms with E-state index in [1.165, 1.54) is 6.07 Å². The van der Waals surface area contributed by atoms with Crippen LogP contribution in [-0.4, -0.2) is 31.8 Å². The average molecular weight is 349 g/mol. The standard InChI is InChI=1S/C16H15NO6S/c1-24(21,22)17-13-10-15(20)12(14(19)7-8-18)9-16(13)23-11-5-3-2-4-6-11/h2-6,8-10,17,20H,7H2,1H3. The Kier molecular flexibility index (Phi) is 5.20. The fourth-order valence-corrected chi connectivity index (χ4v) is 2.52. The summed E-state index contributed by atoms with van der Waals surface area (Å²) in [5.41, 5.74) is -0.159. The summed E-state index contributed by atoms with van der Waals surface area (Å²) >= 11 is 0. The summed E-state index contributed by atoms with van der Waals surface area (Å²) in [6.07, 6.45) is 0.959. The third-order valence-corrected chi connectivity index (χ3v) is 3.52. The number of hydrogen-bond donors (Lipinski definition) is 2. The first-order valence-electron chi connectivity index (χ1n) is 6.84. The van der Waals surface area contributed by atoms with E-state index in [2.05, 4.69) is 4.72 Å². The molecule has 2 aromatic rings. The molecule has 0 aliphatic heterocycles. The van der Waals surface area contributed by atoms with Crippen LogP contribution in [0.25, 0.3) is 0 Å². The molecule has 0 aliphatic rings. The van der Waals surface area contributed by atoms with Gasteiger partial charge in [-0.05, 0) is 18.2 Å². The summed E-state index contributed by atoms with van der Waals surface area (Å²) in [4.78, 5) is 22.4. The number of carbonyl (C=O) groups excluding carboxylic acids is 2. The molecule has 2 aromatic carbocycles. The highest BCUT2D eigenvalue weighted by atomic mass is 32.2. The van der Waals surface area contributed by atoms with Gasteiger partial charge in [0.25, 0.3) is 0 Å². The van der Waals surface area contributed by atoms with E-state index in [9.17, 15) is 23.1 Å². The molecule has 7 nitrogen and oxygen atoms in total. The van der Waals surface area contributed by atoms with Gasteiger partial charge in [-0.25, -0.2) is 8.42 Å². The minimum absolute atomic E-state index is 0.0264. The highest BCUT2D eigenvalue weighted by molar-refractivity contribution is 7.92. The van der Waals surface area contributed by atoms with Gasteiger partial charge in [-0.2, -0.15) is 0 Å². The number of para-hydroxylation sites is 1. The number of ketones is 1. The van der Waals surface area contributed by atoms with Crippen LogP contribution in [0.3, 0.4) is 0 Å². The van der Waals surface area contributed by atoms with Gasteiger partial charge in [-0.3, -0.25) is 9.52 Å². The van der Waals surface area contributed by atoms with Crippen molar-refractivity contribution in [2.45, 2.75) is 6.42 Å². The lowest BCUT2D eigenvalue weighted by molar-refractivity contribution is -0.107. The van der Waals surface area contributed by atoms with E-state index < -0.39 is 28.0 Å². The van der Waals surface area contributed by atoms with Crippen LogP contribution in [0.5, 0.6) is 17.2 Å². The highest BCUT2D eigenvalue weighted by Gasteiger charge is 2.18. The second-order valence-corrected chi connectivity index (χ2v) is 6.70. The lowest BCUT2D eigenvalue weighted by Crippen LogP contribution is -2.11. The molecule has 0 heterocycles. The van der Waals surface area contributed by atoms with Crippen LogP contribution in [-0.2, 0) is 14.8 Å². The summed E-state index contributed by atoms with van der Waals surface area (Å²) < 4.78 is 30.8. The molecule has 0 unspecified atom stereocenters. The van der Waals surface area contributed by atoms with Crippen molar-refractivity contribution < 1.29 is 27.9 Å². The molecule has 8 heteroatoms. The fraction of sp³-hybridized carbons (Fsp3) is 0.125. The normalized spacial score (nSPS) is 10.9. The lowest BCUT2D eigenvalue weighted by atomic mass is 10.1. The number of aromatic hydroxyl groups is 1. The van der Waals surface area contributed by atoms with E-state index in [-0.39, 0.29) is 17.0 Å². The van der Waals surface area contributed by atoms with Crippen molar-refractivity contribution in [1.82, 2.24) is 0 Å². The maximum absolute atomic E-state index is 11.9. The topological polar surface area (TPSA) is 110 Å². The van der Waals surface area contributed by atoms with Gasteiger partial charge in [0.1, 0.15) is 17.8 Å². The van der Waals surface area contributed by atoms with E-state index in [4.69, 9.17) is 4.74 Å². The monoisotopic (exact) mass is 349 g/mol. The molecule has 0 amide bonds. The van der Waals surface area contributed by atoms with Crippen LogP contribution >= 0.6 is 0 Å². The Hall–Kier alpha value is -2.87. The maximum Gasteiger partial charge on any atom is 0.229 e. The number of benzene rings is 2. The molecule has 0 bridgehead atoms. The van der Waals surface area contributed by atoms with Crippen molar-refractivity contribution in [2.24, 2.45) is 0 Å². The number of ether oxygens (including phenoxy) is 1. The molecule has 24 heavy (non-hydrogen) atoms. The first kappa shape index (κ1) is 17.5. The molecule has 2 rings (SSSR count). The molecule has 0 saturated heterocycles. The van der Waals surface area contributed by atoms with Crippen molar-refractivity contribution in [3.63, 3.8) is 0 Å². The number of hydrogen-bond acceptors (Lipinski definition) is 6. The van der Waals surface area contributed by atoms with E-state index in [0.29, 0.717) is 12.0 Å². The summed E-state index contributed by atoms with van der Waals surface area (Å²) in [5, 5.41) is 9.95. The lowest BCUT2D eigenvalue weighted by Gasteiger charge is -2.14. The Balaban J connectivity index is 2.51. The van der Waals surface area contributed by atoms with Gasteiger partial charge in [-0.15, -0.1) is 0 Å². The zero-order valence-electron chi connectivity index (χ0n) is 12.7. The first-order chi connectivity index (χ1) is 11.3. The Labute approximate surface area is 138 Å². The molecule has 126 valence electrons. The number of Topliss-reactive ketones (excluding diaryl/α,β-unsaturated/α-hetero) is 1. The highest BCUT2D eigenvalue weighted by Crippen LogP contribution is 2.36. The largest absolute Gasteiger partial charge is 0.507 e. The van der Waals surface area contributed by atoms with Gasteiger partial charge in [0, 0.05) is 6.07 Å². The molecule has 0 spiro atoms. The van der Waals surface area contributed by atoms with Gasteiger partial charge in [0.15, 0.2) is 11.5 Å². The summed E-state index contributed by atoms with van der Waals surface area (Å²) in [5.74, 6) is -0.619. The molecule has 2 N–H and O–H groups in total. The van der Waals surface area contributed by atoms with Crippen molar-refractivity contribution in [1.29, 1.82) is 0 Å². The molecular weight excluding hydrogens is 334 g/mol. The smallest absolute Gasteiger partial charge is 0.229 e. The molecule has 0 atom stereocenters. The molecule has 0 fully saturated rings. The molecular formula is C16H15NO6S. The Morgan fingerprint density at radius 2 is 1.92 bits per heavy atom. The third kappa shape index (κ3) is 4.56. The number of rotatable bonds is 7. The molecule has 0 aromatic heterocycles. The number of aldehydes is 1. The van der Waals surface area contributed by atoms with E-state index in [1.54, 1.807) is 30.3 Å². The number of carbonyl (C=O) groups is 2. The zero-order valence-corrected chi connectivity index (χ0v) is 13.5. The van der Waals surface area contributed by atoms with Gasteiger partial charge < -0.3 is 14.6 Å². The first-order valence-corrected chi connectivity index (χ1v) is 8.74. The number of anilines is 1. The Bertz CT molecular complexity index is 862. The summed E-state index contributed by atoms with van der Waals surface area (Å²) in [6, 6.07) is 10.8. The predicted octanol–water partition coefficient (Wildman–Crippen LogP) is 2.33. The van der Waals surface area contributed by atoms with E-state index in [0.717, 1.165) is 12.3 Å². The number of phenols is 1. The Morgan fingerprint density at radius 3 is 2.50 bits per heavy atom. The van der Waals surface area contributed by atoms with Crippen LogP contribution in [0.4, 0.5) is 5.69 Å². The van der Waals surface area contributed by atoms with E-state index in [1.807, 2.05) is 0 Å². The Morgan fingerprint density at radius 1 is 1.25 bits per heavy atom. The van der Waals surface area contributed by atoms with Gasteiger partial charge in [0.05, 0.1) is 23.9 Å². The fourth-order valence-electron chi connectivity index (χ4n) is 1.96. The zero-order chi connectivity index (χ0) is 17.7. The quantitative estimate of drug-likeness (QED) is 0.451. The van der Waals surface area contributed by atoms with Crippen LogP contribution in [0.15, 0.2) is 42.5 Å².